The molecule has 12 heavy (non-hydrogen) atoms. The Balaban J connectivity index is 2.31. The molecule has 1 heterocycles. The van der Waals surface area contributed by atoms with Crippen molar-refractivity contribution in [2.75, 3.05) is 12.3 Å². The van der Waals surface area contributed by atoms with Gasteiger partial charge in [-0.3, -0.25) is 0 Å². The summed E-state index contributed by atoms with van der Waals surface area (Å²) in [6.07, 6.45) is 1.17. The molecule has 1 atom stereocenters. The molecule has 0 radical (unpaired) electrons. The maximum atomic E-state index is 5.81. The molecule has 1 aromatic carbocycles. The molecule has 0 aliphatic carbocycles. The Kier molecular flexibility index (Phi) is 1.95. The van der Waals surface area contributed by atoms with E-state index in [1.54, 1.807) is 6.07 Å². The van der Waals surface area contributed by atoms with Crippen molar-refractivity contribution in [2.24, 2.45) is 0 Å². The van der Waals surface area contributed by atoms with E-state index >= 15 is 0 Å². The SMILES string of the molecule is Nc1cc(Cl)ccc1C1CCN1. The zero-order valence-corrected chi connectivity index (χ0v) is 7.43. The van der Waals surface area contributed by atoms with E-state index in [0.717, 1.165) is 12.2 Å². The number of nitrogens with one attached hydrogen (secondary N) is 1. The molecule has 1 aromatic rings. The summed E-state index contributed by atoms with van der Waals surface area (Å²) in [4.78, 5) is 0. The van der Waals surface area contributed by atoms with Crippen LogP contribution in [0.15, 0.2) is 18.2 Å². The van der Waals surface area contributed by atoms with Crippen molar-refractivity contribution in [3.63, 3.8) is 0 Å². The summed E-state index contributed by atoms with van der Waals surface area (Å²) in [5.74, 6) is 0. The molecule has 1 saturated heterocycles. The zero-order valence-electron chi connectivity index (χ0n) is 6.68. The predicted molar refractivity (Wildman–Crippen MR) is 51.2 cm³/mol. The number of nitrogens with two attached hydrogens (primary N) is 1. The summed E-state index contributed by atoms with van der Waals surface area (Å²) in [5, 5.41) is 4.00. The molecule has 3 N–H and O–H groups in total. The molecule has 1 aliphatic rings. The van der Waals surface area contributed by atoms with Gasteiger partial charge in [0.15, 0.2) is 0 Å². The van der Waals surface area contributed by atoms with Gasteiger partial charge in [-0.1, -0.05) is 17.7 Å². The number of nitrogen functional groups attached to an aromatic ring is 1. The summed E-state index contributed by atoms with van der Waals surface area (Å²) in [7, 11) is 0. The van der Waals surface area contributed by atoms with Crippen molar-refractivity contribution in [3.05, 3.63) is 28.8 Å². The van der Waals surface area contributed by atoms with Gasteiger partial charge in [-0.15, -0.1) is 0 Å². The Bertz CT molecular complexity index is 295. The molecular formula is C9H11ClN2. The number of anilines is 1. The summed E-state index contributed by atoms with van der Waals surface area (Å²) in [6.45, 7) is 1.09. The molecule has 1 unspecified atom stereocenters. The van der Waals surface area contributed by atoms with Crippen molar-refractivity contribution in [3.8, 4) is 0 Å². The van der Waals surface area contributed by atoms with Gasteiger partial charge in [0.2, 0.25) is 0 Å². The molecule has 0 spiro atoms. The van der Waals surface area contributed by atoms with E-state index in [4.69, 9.17) is 17.3 Å². The van der Waals surface area contributed by atoms with Crippen LogP contribution in [0.25, 0.3) is 0 Å². The van der Waals surface area contributed by atoms with Gasteiger partial charge in [-0.05, 0) is 30.7 Å². The third-order valence-corrected chi connectivity index (χ3v) is 2.48. The van der Waals surface area contributed by atoms with Crippen molar-refractivity contribution in [1.29, 1.82) is 0 Å². The molecule has 1 aliphatic heterocycles. The fraction of sp³-hybridized carbons (Fsp3) is 0.333. The highest BCUT2D eigenvalue weighted by molar-refractivity contribution is 6.30. The van der Waals surface area contributed by atoms with E-state index in [1.165, 1.54) is 12.0 Å². The second-order valence-corrected chi connectivity index (χ2v) is 3.51. The number of benzene rings is 1. The van der Waals surface area contributed by atoms with E-state index in [1.807, 2.05) is 12.1 Å². The van der Waals surface area contributed by atoms with Crippen molar-refractivity contribution >= 4 is 17.3 Å². The summed E-state index contributed by atoms with van der Waals surface area (Å²) in [6, 6.07) is 6.13. The van der Waals surface area contributed by atoms with Gasteiger partial charge in [0.25, 0.3) is 0 Å². The first-order valence-corrected chi connectivity index (χ1v) is 4.43. The second kappa shape index (κ2) is 2.96. The monoisotopic (exact) mass is 182 g/mol. The average Bonchev–Trinajstić information content (AvgIpc) is 1.91. The number of halogens is 1. The van der Waals surface area contributed by atoms with Crippen molar-refractivity contribution in [1.82, 2.24) is 5.32 Å². The topological polar surface area (TPSA) is 38.0 Å². The van der Waals surface area contributed by atoms with E-state index in [2.05, 4.69) is 5.32 Å². The summed E-state index contributed by atoms with van der Waals surface area (Å²) in [5.41, 5.74) is 7.77. The van der Waals surface area contributed by atoms with E-state index in [0.29, 0.717) is 11.1 Å². The lowest BCUT2D eigenvalue weighted by molar-refractivity contribution is 0.384. The molecule has 0 amide bonds. The molecule has 0 aromatic heterocycles. The first kappa shape index (κ1) is 7.90. The lowest BCUT2D eigenvalue weighted by Gasteiger charge is -2.29. The Morgan fingerprint density at radius 1 is 1.50 bits per heavy atom. The van der Waals surface area contributed by atoms with E-state index < -0.39 is 0 Å². The maximum Gasteiger partial charge on any atom is 0.0426 e. The Morgan fingerprint density at radius 3 is 2.75 bits per heavy atom. The summed E-state index contributed by atoms with van der Waals surface area (Å²) >= 11 is 5.78. The smallest absolute Gasteiger partial charge is 0.0426 e. The third kappa shape index (κ3) is 1.28. The molecule has 64 valence electrons. The number of hydrogen-bond donors (Lipinski definition) is 2. The van der Waals surface area contributed by atoms with Gasteiger partial charge in [0.05, 0.1) is 0 Å². The van der Waals surface area contributed by atoms with Gasteiger partial charge in [0.1, 0.15) is 0 Å². The lowest BCUT2D eigenvalue weighted by atomic mass is 9.97. The van der Waals surface area contributed by atoms with Gasteiger partial charge in [0, 0.05) is 16.8 Å². The van der Waals surface area contributed by atoms with Gasteiger partial charge < -0.3 is 11.1 Å². The largest absolute Gasteiger partial charge is 0.398 e. The van der Waals surface area contributed by atoms with Crippen LogP contribution in [0.2, 0.25) is 5.02 Å². The highest BCUT2D eigenvalue weighted by atomic mass is 35.5. The summed E-state index contributed by atoms with van der Waals surface area (Å²) < 4.78 is 0. The maximum absolute atomic E-state index is 5.81. The standard InChI is InChI=1S/C9H11ClN2/c10-6-1-2-7(8(11)5-6)9-3-4-12-9/h1-2,5,9,12H,3-4,11H2. The zero-order chi connectivity index (χ0) is 8.55. The minimum Gasteiger partial charge on any atom is -0.398 e. The van der Waals surface area contributed by atoms with Gasteiger partial charge in [-0.2, -0.15) is 0 Å². The fourth-order valence-electron chi connectivity index (χ4n) is 1.42. The minimum atomic E-state index is 0.447. The Labute approximate surface area is 76.7 Å². The highest BCUT2D eigenvalue weighted by Crippen LogP contribution is 2.29. The number of rotatable bonds is 1. The molecular weight excluding hydrogens is 172 g/mol. The van der Waals surface area contributed by atoms with Crippen LogP contribution in [-0.4, -0.2) is 6.54 Å². The Hall–Kier alpha value is -0.730. The fourth-order valence-corrected chi connectivity index (χ4v) is 1.60. The second-order valence-electron chi connectivity index (χ2n) is 3.07. The van der Waals surface area contributed by atoms with E-state index in [9.17, 15) is 0 Å². The minimum absolute atomic E-state index is 0.447. The molecule has 2 rings (SSSR count). The van der Waals surface area contributed by atoms with E-state index in [-0.39, 0.29) is 0 Å². The lowest BCUT2D eigenvalue weighted by Crippen LogP contribution is -2.35. The first-order chi connectivity index (χ1) is 5.77. The molecule has 3 heteroatoms. The van der Waals surface area contributed by atoms with Crippen LogP contribution in [0.5, 0.6) is 0 Å². The van der Waals surface area contributed by atoms with Crippen LogP contribution in [-0.2, 0) is 0 Å². The molecule has 1 fully saturated rings. The highest BCUT2D eigenvalue weighted by Gasteiger charge is 2.20. The average molecular weight is 183 g/mol. The van der Waals surface area contributed by atoms with Gasteiger partial charge >= 0.3 is 0 Å². The van der Waals surface area contributed by atoms with Crippen LogP contribution in [0, 0.1) is 0 Å². The molecule has 0 saturated carbocycles. The van der Waals surface area contributed by atoms with Gasteiger partial charge in [-0.25, -0.2) is 0 Å². The van der Waals surface area contributed by atoms with Crippen LogP contribution in [0.4, 0.5) is 5.69 Å². The van der Waals surface area contributed by atoms with Crippen LogP contribution in [0.1, 0.15) is 18.0 Å². The number of hydrogen-bond acceptors (Lipinski definition) is 2. The van der Waals surface area contributed by atoms with Crippen molar-refractivity contribution in [2.45, 2.75) is 12.5 Å². The third-order valence-electron chi connectivity index (χ3n) is 2.25. The van der Waals surface area contributed by atoms with Crippen LogP contribution < -0.4 is 11.1 Å². The normalized spacial score (nSPS) is 21.9. The van der Waals surface area contributed by atoms with Crippen LogP contribution >= 0.6 is 11.6 Å². The van der Waals surface area contributed by atoms with Crippen LogP contribution in [0.3, 0.4) is 0 Å². The molecule has 0 bridgehead atoms. The predicted octanol–water partition coefficient (Wildman–Crippen LogP) is 1.96. The molecule has 2 nitrogen and oxygen atoms in total. The Morgan fingerprint density at radius 2 is 2.25 bits per heavy atom. The quantitative estimate of drug-likeness (QED) is 0.652. The van der Waals surface area contributed by atoms with Crippen molar-refractivity contribution < 1.29 is 0 Å². The first-order valence-electron chi connectivity index (χ1n) is 4.05.